The fraction of sp³-hybridized carbons (Fsp3) is 0.238. The van der Waals surface area contributed by atoms with E-state index in [2.05, 4.69) is 4.98 Å². The zero-order valence-electron chi connectivity index (χ0n) is 14.2. The third-order valence-corrected chi connectivity index (χ3v) is 4.74. The molecule has 1 N–H and O–H groups in total. The summed E-state index contributed by atoms with van der Waals surface area (Å²) in [5.41, 5.74) is 0.611. The van der Waals surface area contributed by atoms with E-state index in [4.69, 9.17) is 9.47 Å². The fourth-order valence-electron chi connectivity index (χ4n) is 3.08. The van der Waals surface area contributed by atoms with E-state index in [1.807, 2.05) is 54.6 Å². The maximum absolute atomic E-state index is 11.7. The first-order chi connectivity index (χ1) is 12.7. The van der Waals surface area contributed by atoms with Crippen molar-refractivity contribution in [3.63, 3.8) is 0 Å². The Labute approximate surface area is 151 Å². The normalized spacial score (nSPS) is 15.2. The number of hydrogen-bond donors (Lipinski definition) is 1. The van der Waals surface area contributed by atoms with Crippen molar-refractivity contribution in [1.29, 1.82) is 0 Å². The average molecular weight is 349 g/mol. The van der Waals surface area contributed by atoms with Gasteiger partial charge in [0.1, 0.15) is 12.4 Å². The molecule has 0 radical (unpaired) electrons. The number of carboxylic acid groups (broad SMARTS) is 1. The smallest absolute Gasteiger partial charge is 0.348 e. The highest BCUT2D eigenvalue weighted by Gasteiger charge is 2.47. The standard InChI is InChI=1S/C21H19NO4/c23-20(24)21(11-6-12-21)26-18-13-19(22-17-10-5-4-9-16(17)18)25-14-15-7-2-1-3-8-15/h1-5,7-10,13H,6,11-12,14H2,(H,23,24). The van der Waals surface area contributed by atoms with Crippen LogP contribution >= 0.6 is 0 Å². The number of benzene rings is 2. The Hall–Kier alpha value is -3.08. The van der Waals surface area contributed by atoms with Gasteiger partial charge in [-0.05, 0) is 37.0 Å². The molecule has 1 aliphatic rings. The molecule has 5 heteroatoms. The molecular weight excluding hydrogens is 330 g/mol. The van der Waals surface area contributed by atoms with Crippen molar-refractivity contribution in [2.75, 3.05) is 0 Å². The van der Waals surface area contributed by atoms with E-state index in [9.17, 15) is 9.90 Å². The van der Waals surface area contributed by atoms with Gasteiger partial charge in [0.25, 0.3) is 0 Å². The molecule has 1 heterocycles. The Balaban J connectivity index is 1.66. The molecule has 26 heavy (non-hydrogen) atoms. The predicted molar refractivity (Wildman–Crippen MR) is 97.4 cm³/mol. The highest BCUT2D eigenvalue weighted by Crippen LogP contribution is 2.40. The first-order valence-corrected chi connectivity index (χ1v) is 8.65. The zero-order chi connectivity index (χ0) is 18.0. The number of nitrogens with zero attached hydrogens (tertiary/aromatic N) is 1. The molecule has 4 rings (SSSR count). The summed E-state index contributed by atoms with van der Waals surface area (Å²) < 4.78 is 11.8. The Morgan fingerprint density at radius 3 is 2.50 bits per heavy atom. The minimum atomic E-state index is -1.14. The van der Waals surface area contributed by atoms with E-state index < -0.39 is 11.6 Å². The number of para-hydroxylation sites is 1. The molecule has 0 saturated heterocycles. The predicted octanol–water partition coefficient (Wildman–Crippen LogP) is 4.20. The lowest BCUT2D eigenvalue weighted by Crippen LogP contribution is -2.50. The third kappa shape index (κ3) is 3.08. The summed E-state index contributed by atoms with van der Waals surface area (Å²) in [6.45, 7) is 0.385. The molecule has 0 spiro atoms. The van der Waals surface area contributed by atoms with E-state index in [1.54, 1.807) is 6.07 Å². The molecule has 0 bridgehead atoms. The molecule has 1 saturated carbocycles. The first-order valence-electron chi connectivity index (χ1n) is 8.65. The maximum Gasteiger partial charge on any atom is 0.348 e. The molecule has 5 nitrogen and oxygen atoms in total. The van der Waals surface area contributed by atoms with Crippen molar-refractivity contribution in [3.8, 4) is 11.6 Å². The van der Waals surface area contributed by atoms with Crippen LogP contribution in [0, 0.1) is 0 Å². The van der Waals surface area contributed by atoms with E-state index in [0.717, 1.165) is 17.4 Å². The van der Waals surface area contributed by atoms with Crippen LogP contribution in [0.3, 0.4) is 0 Å². The molecule has 0 amide bonds. The van der Waals surface area contributed by atoms with Gasteiger partial charge in [0, 0.05) is 11.5 Å². The number of pyridine rings is 1. The minimum absolute atomic E-state index is 0.385. The molecule has 2 aromatic carbocycles. The van der Waals surface area contributed by atoms with Crippen LogP contribution in [0.25, 0.3) is 10.9 Å². The second-order valence-corrected chi connectivity index (χ2v) is 6.51. The molecule has 1 aromatic heterocycles. The van der Waals surface area contributed by atoms with Gasteiger partial charge in [-0.2, -0.15) is 0 Å². The summed E-state index contributed by atoms with van der Waals surface area (Å²) >= 11 is 0. The van der Waals surface area contributed by atoms with E-state index in [0.29, 0.717) is 36.6 Å². The fourth-order valence-corrected chi connectivity index (χ4v) is 3.08. The van der Waals surface area contributed by atoms with Gasteiger partial charge in [0.15, 0.2) is 0 Å². The zero-order valence-corrected chi connectivity index (χ0v) is 14.2. The topological polar surface area (TPSA) is 68.7 Å². The van der Waals surface area contributed by atoms with Crippen molar-refractivity contribution in [1.82, 2.24) is 4.98 Å². The van der Waals surface area contributed by atoms with Crippen molar-refractivity contribution in [2.45, 2.75) is 31.5 Å². The second-order valence-electron chi connectivity index (χ2n) is 6.51. The number of rotatable bonds is 6. The monoisotopic (exact) mass is 349 g/mol. The van der Waals surface area contributed by atoms with Crippen LogP contribution in [0.4, 0.5) is 0 Å². The summed E-state index contributed by atoms with van der Waals surface area (Å²) in [5, 5.41) is 10.4. The molecule has 3 aromatic rings. The van der Waals surface area contributed by atoms with Gasteiger partial charge in [-0.25, -0.2) is 9.78 Å². The Bertz CT molecular complexity index is 935. The highest BCUT2D eigenvalue weighted by atomic mass is 16.5. The van der Waals surface area contributed by atoms with Crippen molar-refractivity contribution >= 4 is 16.9 Å². The third-order valence-electron chi connectivity index (χ3n) is 4.74. The van der Waals surface area contributed by atoms with Gasteiger partial charge in [-0.1, -0.05) is 42.5 Å². The summed E-state index contributed by atoms with van der Waals surface area (Å²) in [5.74, 6) is -0.000394. The molecule has 0 atom stereocenters. The summed E-state index contributed by atoms with van der Waals surface area (Å²) in [4.78, 5) is 16.2. The maximum atomic E-state index is 11.7. The largest absolute Gasteiger partial charge is 0.478 e. The first kappa shape index (κ1) is 16.4. The summed E-state index contributed by atoms with van der Waals surface area (Å²) in [6, 6.07) is 19.0. The minimum Gasteiger partial charge on any atom is -0.478 e. The van der Waals surface area contributed by atoms with Crippen LogP contribution in [-0.2, 0) is 11.4 Å². The van der Waals surface area contributed by atoms with Gasteiger partial charge < -0.3 is 14.6 Å². The number of aliphatic carboxylic acids is 1. The number of hydrogen-bond acceptors (Lipinski definition) is 4. The van der Waals surface area contributed by atoms with Crippen molar-refractivity contribution in [2.24, 2.45) is 0 Å². The van der Waals surface area contributed by atoms with Gasteiger partial charge in [-0.3, -0.25) is 0 Å². The Morgan fingerprint density at radius 1 is 1.08 bits per heavy atom. The summed E-state index contributed by atoms with van der Waals surface area (Å²) in [7, 11) is 0. The molecule has 132 valence electrons. The number of carbonyl (C=O) groups is 1. The molecule has 0 unspecified atom stereocenters. The van der Waals surface area contributed by atoms with Gasteiger partial charge >= 0.3 is 5.97 Å². The Kier molecular flexibility index (Phi) is 4.21. The van der Waals surface area contributed by atoms with Crippen molar-refractivity contribution < 1.29 is 19.4 Å². The highest BCUT2D eigenvalue weighted by molar-refractivity contribution is 5.87. The van der Waals surface area contributed by atoms with E-state index >= 15 is 0 Å². The molecule has 1 fully saturated rings. The molecular formula is C21H19NO4. The quantitative estimate of drug-likeness (QED) is 0.722. The van der Waals surface area contributed by atoms with Gasteiger partial charge in [0.2, 0.25) is 11.5 Å². The van der Waals surface area contributed by atoms with Crippen molar-refractivity contribution in [3.05, 3.63) is 66.2 Å². The van der Waals surface area contributed by atoms with Gasteiger partial charge in [0.05, 0.1) is 5.52 Å². The van der Waals surface area contributed by atoms with Crippen LogP contribution in [0.5, 0.6) is 11.6 Å². The van der Waals surface area contributed by atoms with Crippen LogP contribution in [0.15, 0.2) is 60.7 Å². The lowest BCUT2D eigenvalue weighted by Gasteiger charge is -2.37. The lowest BCUT2D eigenvalue weighted by molar-refractivity contribution is -0.163. The average Bonchev–Trinajstić information content (AvgIpc) is 2.63. The number of fused-ring (bicyclic) bond motifs is 1. The number of carboxylic acids is 1. The van der Waals surface area contributed by atoms with E-state index in [-0.39, 0.29) is 0 Å². The molecule has 0 aliphatic heterocycles. The van der Waals surface area contributed by atoms with Gasteiger partial charge in [-0.15, -0.1) is 0 Å². The second kappa shape index (κ2) is 6.67. The lowest BCUT2D eigenvalue weighted by atomic mass is 9.80. The van der Waals surface area contributed by atoms with Crippen LogP contribution in [0.1, 0.15) is 24.8 Å². The number of ether oxygens (including phenoxy) is 2. The van der Waals surface area contributed by atoms with Crippen LogP contribution in [-0.4, -0.2) is 21.7 Å². The van der Waals surface area contributed by atoms with E-state index in [1.165, 1.54) is 0 Å². The molecule has 1 aliphatic carbocycles. The Morgan fingerprint density at radius 2 is 1.81 bits per heavy atom. The SMILES string of the molecule is O=C(O)C1(Oc2cc(OCc3ccccc3)nc3ccccc23)CCC1. The van der Waals surface area contributed by atoms with Crippen LogP contribution in [0.2, 0.25) is 0 Å². The summed E-state index contributed by atoms with van der Waals surface area (Å²) in [6.07, 6.45) is 1.88. The number of aromatic nitrogens is 1. The van der Waals surface area contributed by atoms with Crippen LogP contribution < -0.4 is 9.47 Å².